The van der Waals surface area contributed by atoms with Crippen LogP contribution in [-0.4, -0.2) is 47.9 Å². The van der Waals surface area contributed by atoms with Crippen LogP contribution in [-0.2, 0) is 23.8 Å². The molecular formula is C23H34N2O5. The standard InChI is InChI=1S/C23H34N2O5/c1-14-7-5-9-15(2)19-20-17(23(21(27)29-20)11-12-24-25-23)13-18(28-19)22(4,10-6-8-14)30-16(3)26/h8,15,17-20H,5-7,9-13H2,1-4H3/b14-8+/t15-,17-,18+,19+,20-,22-,23+/m1/s1. The Hall–Kier alpha value is -1.76. The van der Waals surface area contributed by atoms with Gasteiger partial charge in [-0.3, -0.25) is 4.79 Å². The van der Waals surface area contributed by atoms with Gasteiger partial charge in [0.05, 0.1) is 18.8 Å². The topological polar surface area (TPSA) is 86.5 Å². The summed E-state index contributed by atoms with van der Waals surface area (Å²) in [6.45, 7) is 8.31. The van der Waals surface area contributed by atoms with Crippen molar-refractivity contribution in [2.45, 2.75) is 102 Å². The number of fused-ring (bicyclic) bond motifs is 5. The fourth-order valence-corrected chi connectivity index (χ4v) is 5.79. The predicted octanol–water partition coefficient (Wildman–Crippen LogP) is 4.15. The number of azo groups is 1. The first-order valence-corrected chi connectivity index (χ1v) is 11.4. The summed E-state index contributed by atoms with van der Waals surface area (Å²) >= 11 is 0. The third-order valence-electron chi connectivity index (χ3n) is 7.54. The molecule has 0 saturated carbocycles. The molecular weight excluding hydrogens is 384 g/mol. The lowest BCUT2D eigenvalue weighted by Gasteiger charge is -2.47. The van der Waals surface area contributed by atoms with Gasteiger partial charge < -0.3 is 14.2 Å². The fourth-order valence-electron chi connectivity index (χ4n) is 5.79. The lowest BCUT2D eigenvalue weighted by Crippen LogP contribution is -2.58. The Morgan fingerprint density at radius 2 is 2.10 bits per heavy atom. The summed E-state index contributed by atoms with van der Waals surface area (Å²) in [7, 11) is 0. The van der Waals surface area contributed by atoms with Crippen molar-refractivity contribution in [3.05, 3.63) is 11.6 Å². The van der Waals surface area contributed by atoms with Gasteiger partial charge in [0.2, 0.25) is 0 Å². The van der Waals surface area contributed by atoms with Crippen molar-refractivity contribution in [2.24, 2.45) is 22.1 Å². The van der Waals surface area contributed by atoms with Gasteiger partial charge in [-0.05, 0) is 58.3 Å². The van der Waals surface area contributed by atoms with Crippen LogP contribution in [0.1, 0.15) is 72.6 Å². The average molecular weight is 419 g/mol. The van der Waals surface area contributed by atoms with E-state index < -0.39 is 11.1 Å². The van der Waals surface area contributed by atoms with Crippen LogP contribution < -0.4 is 0 Å². The number of ether oxygens (including phenoxy) is 3. The molecule has 4 heterocycles. The van der Waals surface area contributed by atoms with E-state index in [-0.39, 0.29) is 42.1 Å². The summed E-state index contributed by atoms with van der Waals surface area (Å²) in [4.78, 5) is 24.9. The molecule has 7 heteroatoms. The maximum atomic E-state index is 12.9. The Morgan fingerprint density at radius 3 is 2.80 bits per heavy atom. The van der Waals surface area contributed by atoms with Gasteiger partial charge in [-0.1, -0.05) is 18.6 Å². The van der Waals surface area contributed by atoms with E-state index in [2.05, 4.69) is 30.2 Å². The average Bonchev–Trinajstić information content (AvgIpc) is 3.27. The maximum Gasteiger partial charge on any atom is 0.336 e. The Bertz CT molecular complexity index is 765. The monoisotopic (exact) mass is 418 g/mol. The first kappa shape index (κ1) is 21.5. The van der Waals surface area contributed by atoms with E-state index in [9.17, 15) is 9.59 Å². The number of allylic oxidation sites excluding steroid dienone is 2. The first-order chi connectivity index (χ1) is 14.2. The smallest absolute Gasteiger partial charge is 0.336 e. The van der Waals surface area contributed by atoms with Gasteiger partial charge in [0.15, 0.2) is 5.54 Å². The molecule has 0 aromatic rings. The zero-order chi connectivity index (χ0) is 21.5. The van der Waals surface area contributed by atoms with E-state index in [1.807, 2.05) is 6.92 Å². The molecule has 0 aliphatic carbocycles. The van der Waals surface area contributed by atoms with Gasteiger partial charge in [-0.25, -0.2) is 4.79 Å². The van der Waals surface area contributed by atoms with E-state index in [0.29, 0.717) is 25.8 Å². The summed E-state index contributed by atoms with van der Waals surface area (Å²) < 4.78 is 18.4. The van der Waals surface area contributed by atoms with Crippen molar-refractivity contribution in [1.82, 2.24) is 0 Å². The SMILES string of the molecule is CC(=O)O[C@]1(C)CC/C=C(\C)CCC[C@@H](C)[C@@H]2O[C@H]1C[C@@H]1[C@H]2OC(=O)[C@]12CCN=N2. The Balaban J connectivity index is 1.72. The lowest BCUT2D eigenvalue weighted by atomic mass is 9.70. The number of hydrogen-bond acceptors (Lipinski definition) is 7. The number of rotatable bonds is 1. The van der Waals surface area contributed by atoms with Crippen LogP contribution in [0.25, 0.3) is 0 Å². The molecule has 2 bridgehead atoms. The number of carbonyl (C=O) groups is 2. The zero-order valence-electron chi connectivity index (χ0n) is 18.6. The third-order valence-corrected chi connectivity index (χ3v) is 7.54. The molecule has 4 aliphatic rings. The van der Waals surface area contributed by atoms with Gasteiger partial charge in [0, 0.05) is 19.3 Å². The molecule has 0 amide bonds. The van der Waals surface area contributed by atoms with Gasteiger partial charge >= 0.3 is 11.9 Å². The highest BCUT2D eigenvalue weighted by Crippen LogP contribution is 2.51. The number of nitrogens with zero attached hydrogens (tertiary/aromatic N) is 2. The minimum Gasteiger partial charge on any atom is -0.457 e. The second-order valence-corrected chi connectivity index (χ2v) is 9.81. The Kier molecular flexibility index (Phi) is 5.77. The zero-order valence-corrected chi connectivity index (χ0v) is 18.6. The van der Waals surface area contributed by atoms with Crippen molar-refractivity contribution in [2.75, 3.05) is 6.54 Å². The molecule has 0 aromatic carbocycles. The third kappa shape index (κ3) is 3.70. The summed E-state index contributed by atoms with van der Waals surface area (Å²) in [5.74, 6) is -0.459. The molecule has 0 N–H and O–H groups in total. The molecule has 1 spiro atoms. The number of carbonyl (C=O) groups excluding carboxylic acids is 2. The highest BCUT2D eigenvalue weighted by Gasteiger charge is 2.65. The van der Waals surface area contributed by atoms with Crippen molar-refractivity contribution in [3.8, 4) is 0 Å². The van der Waals surface area contributed by atoms with Crippen LogP contribution in [0.2, 0.25) is 0 Å². The van der Waals surface area contributed by atoms with Crippen LogP contribution in [0.15, 0.2) is 21.9 Å². The van der Waals surface area contributed by atoms with Crippen molar-refractivity contribution >= 4 is 11.9 Å². The van der Waals surface area contributed by atoms with E-state index in [4.69, 9.17) is 14.2 Å². The van der Waals surface area contributed by atoms with Crippen molar-refractivity contribution < 1.29 is 23.8 Å². The Morgan fingerprint density at radius 1 is 1.30 bits per heavy atom. The summed E-state index contributed by atoms with van der Waals surface area (Å²) in [6, 6.07) is 0. The number of esters is 2. The highest BCUT2D eigenvalue weighted by atomic mass is 16.6. The van der Waals surface area contributed by atoms with Gasteiger partial charge in [-0.2, -0.15) is 10.2 Å². The normalized spacial score (nSPS) is 45.7. The van der Waals surface area contributed by atoms with Gasteiger partial charge in [0.1, 0.15) is 11.7 Å². The van der Waals surface area contributed by atoms with Crippen molar-refractivity contribution in [1.29, 1.82) is 0 Å². The van der Waals surface area contributed by atoms with E-state index in [0.717, 1.165) is 25.7 Å². The van der Waals surface area contributed by atoms with Crippen LogP contribution in [0.4, 0.5) is 0 Å². The summed E-state index contributed by atoms with van der Waals surface area (Å²) in [6.07, 6.45) is 7.16. The highest BCUT2D eigenvalue weighted by molar-refractivity contribution is 5.84. The van der Waals surface area contributed by atoms with E-state index >= 15 is 0 Å². The van der Waals surface area contributed by atoms with Crippen molar-refractivity contribution in [3.63, 3.8) is 0 Å². The molecule has 166 valence electrons. The first-order valence-electron chi connectivity index (χ1n) is 11.4. The molecule has 30 heavy (non-hydrogen) atoms. The molecule has 0 unspecified atom stereocenters. The van der Waals surface area contributed by atoms with E-state index in [1.165, 1.54) is 12.5 Å². The minimum atomic E-state index is -0.893. The minimum absolute atomic E-state index is 0.0995. The fraction of sp³-hybridized carbons (Fsp3) is 0.826. The molecule has 4 rings (SSSR count). The molecule has 4 aliphatic heterocycles. The second-order valence-electron chi connectivity index (χ2n) is 9.81. The van der Waals surface area contributed by atoms with Gasteiger partial charge in [0.25, 0.3) is 0 Å². The molecule has 0 radical (unpaired) electrons. The quantitative estimate of drug-likeness (QED) is 0.472. The molecule has 7 nitrogen and oxygen atoms in total. The predicted molar refractivity (Wildman–Crippen MR) is 110 cm³/mol. The van der Waals surface area contributed by atoms with Crippen LogP contribution in [0.3, 0.4) is 0 Å². The van der Waals surface area contributed by atoms with Crippen LogP contribution in [0, 0.1) is 11.8 Å². The van der Waals surface area contributed by atoms with E-state index in [1.54, 1.807) is 0 Å². The summed E-state index contributed by atoms with van der Waals surface area (Å²) in [5.41, 5.74) is -0.294. The molecule has 7 atom stereocenters. The molecule has 0 aromatic heterocycles. The maximum absolute atomic E-state index is 12.9. The van der Waals surface area contributed by atoms with Crippen LogP contribution >= 0.6 is 0 Å². The van der Waals surface area contributed by atoms with Crippen LogP contribution in [0.5, 0.6) is 0 Å². The lowest BCUT2D eigenvalue weighted by molar-refractivity contribution is -0.222. The molecule has 2 saturated heterocycles. The summed E-state index contributed by atoms with van der Waals surface area (Å²) in [5, 5.41) is 8.57. The second kappa shape index (κ2) is 8.06. The molecule has 2 fully saturated rings. The number of hydrogen-bond donors (Lipinski definition) is 0. The van der Waals surface area contributed by atoms with Gasteiger partial charge in [-0.15, -0.1) is 0 Å². The largest absolute Gasteiger partial charge is 0.457 e. The Labute approximate surface area is 178 Å².